The number of imidazole rings is 1. The first-order valence-corrected chi connectivity index (χ1v) is 11.1. The summed E-state index contributed by atoms with van der Waals surface area (Å²) in [5, 5.41) is 0. The van der Waals surface area contributed by atoms with E-state index in [-0.39, 0.29) is 17.8 Å². The van der Waals surface area contributed by atoms with Crippen molar-refractivity contribution >= 4 is 22.8 Å². The van der Waals surface area contributed by atoms with Gasteiger partial charge in [0.05, 0.1) is 26.7 Å². The van der Waals surface area contributed by atoms with Crippen LogP contribution in [0.15, 0.2) is 58.1 Å². The summed E-state index contributed by atoms with van der Waals surface area (Å²) in [4.78, 5) is 32.4. The molecule has 0 fully saturated rings. The Balaban J connectivity index is 1.70. The number of rotatable bonds is 4. The van der Waals surface area contributed by atoms with E-state index in [0.717, 1.165) is 35.1 Å². The van der Waals surface area contributed by atoms with Crippen LogP contribution in [0.5, 0.6) is 5.75 Å². The number of hydrogen-bond donors (Lipinski definition) is 1. The monoisotopic (exact) mass is 446 g/mol. The van der Waals surface area contributed by atoms with Crippen LogP contribution in [-0.2, 0) is 20.1 Å². The molecular formula is C25H28N5O3+. The number of ether oxygens (including phenoxy) is 1. The quantitative estimate of drug-likeness (QED) is 0.489. The molecule has 170 valence electrons. The van der Waals surface area contributed by atoms with Crippen molar-refractivity contribution in [3.8, 4) is 5.75 Å². The molecule has 8 heteroatoms. The highest BCUT2D eigenvalue weighted by molar-refractivity contribution is 5.70. The largest absolute Gasteiger partial charge is 0.497 e. The average Bonchev–Trinajstić information content (AvgIpc) is 3.20. The van der Waals surface area contributed by atoms with Gasteiger partial charge in [-0.25, -0.2) is 19.2 Å². The van der Waals surface area contributed by atoms with Crippen LogP contribution in [0.1, 0.15) is 18.1 Å². The molecule has 2 aromatic carbocycles. The number of aromatic amines is 1. The fraction of sp³-hybridized carbons (Fsp3) is 0.320. The third kappa shape index (κ3) is 3.42. The van der Waals surface area contributed by atoms with E-state index in [1.807, 2.05) is 60.0 Å². The summed E-state index contributed by atoms with van der Waals surface area (Å²) in [6, 6.07) is 15.7. The number of anilines is 2. The van der Waals surface area contributed by atoms with Gasteiger partial charge in [-0.3, -0.25) is 13.9 Å². The molecule has 3 heterocycles. The molecule has 1 atom stereocenters. The lowest BCUT2D eigenvalue weighted by molar-refractivity contribution is -0.669. The van der Waals surface area contributed by atoms with Crippen LogP contribution in [0.3, 0.4) is 0 Å². The van der Waals surface area contributed by atoms with E-state index in [0.29, 0.717) is 23.6 Å². The van der Waals surface area contributed by atoms with Crippen LogP contribution in [0.25, 0.3) is 11.2 Å². The second-order valence-corrected chi connectivity index (χ2v) is 8.83. The number of aromatic nitrogens is 4. The molecule has 0 saturated carbocycles. The molecule has 0 bridgehead atoms. The SMILES string of the molecule is COc1ccc(N2C[C@H](C)C[n+]3c2[nH]c2c3c(=O)n(Cc3ccccc3C)c(=O)n2C)cc1. The number of benzene rings is 2. The molecule has 8 nitrogen and oxygen atoms in total. The Morgan fingerprint density at radius 2 is 1.85 bits per heavy atom. The van der Waals surface area contributed by atoms with Crippen molar-refractivity contribution in [2.75, 3.05) is 18.6 Å². The van der Waals surface area contributed by atoms with Gasteiger partial charge in [0, 0.05) is 13.0 Å². The first-order chi connectivity index (χ1) is 15.9. The Labute approximate surface area is 191 Å². The summed E-state index contributed by atoms with van der Waals surface area (Å²) in [5.74, 6) is 1.90. The zero-order chi connectivity index (χ0) is 23.3. The molecular weight excluding hydrogens is 418 g/mol. The lowest BCUT2D eigenvalue weighted by Gasteiger charge is -2.26. The normalized spacial score (nSPS) is 15.6. The van der Waals surface area contributed by atoms with E-state index in [1.165, 1.54) is 9.13 Å². The van der Waals surface area contributed by atoms with E-state index >= 15 is 0 Å². The van der Waals surface area contributed by atoms with Crippen LogP contribution in [0.2, 0.25) is 0 Å². The maximum absolute atomic E-state index is 13.7. The number of aryl methyl sites for hydroxylation is 2. The van der Waals surface area contributed by atoms with Gasteiger partial charge in [-0.05, 0) is 42.3 Å². The fourth-order valence-electron chi connectivity index (χ4n) is 4.66. The zero-order valence-electron chi connectivity index (χ0n) is 19.3. The van der Waals surface area contributed by atoms with Crippen LogP contribution in [-0.4, -0.2) is 27.8 Å². The predicted octanol–water partition coefficient (Wildman–Crippen LogP) is 2.47. The Morgan fingerprint density at radius 1 is 1.12 bits per heavy atom. The van der Waals surface area contributed by atoms with Crippen LogP contribution in [0, 0.1) is 12.8 Å². The summed E-state index contributed by atoms with van der Waals surface area (Å²) >= 11 is 0. The van der Waals surface area contributed by atoms with Gasteiger partial charge in [-0.15, -0.1) is 0 Å². The Hall–Kier alpha value is -3.81. The van der Waals surface area contributed by atoms with Gasteiger partial charge >= 0.3 is 11.6 Å². The van der Waals surface area contributed by atoms with Crippen molar-refractivity contribution in [1.29, 1.82) is 0 Å². The minimum atomic E-state index is -0.334. The van der Waals surface area contributed by atoms with E-state index in [1.54, 1.807) is 14.2 Å². The summed E-state index contributed by atoms with van der Waals surface area (Å²) in [6.45, 7) is 5.89. The summed E-state index contributed by atoms with van der Waals surface area (Å²) < 4.78 is 10.2. The average molecular weight is 447 g/mol. The van der Waals surface area contributed by atoms with E-state index in [4.69, 9.17) is 4.74 Å². The molecule has 1 N–H and O–H groups in total. The van der Waals surface area contributed by atoms with Crippen molar-refractivity contribution in [2.24, 2.45) is 13.0 Å². The molecule has 0 amide bonds. The lowest BCUT2D eigenvalue weighted by Crippen LogP contribution is -2.52. The van der Waals surface area contributed by atoms with Gasteiger partial charge in [-0.2, -0.15) is 0 Å². The Bertz CT molecular complexity index is 1460. The van der Waals surface area contributed by atoms with E-state index in [2.05, 4.69) is 16.8 Å². The zero-order valence-corrected chi connectivity index (χ0v) is 19.3. The molecule has 2 aromatic heterocycles. The van der Waals surface area contributed by atoms with Crippen LogP contribution < -0.4 is 25.5 Å². The first kappa shape index (κ1) is 21.1. The molecule has 4 aromatic rings. The highest BCUT2D eigenvalue weighted by Crippen LogP contribution is 2.29. The Kier molecular flexibility index (Phi) is 5.08. The maximum Gasteiger partial charge on any atom is 0.364 e. The second-order valence-electron chi connectivity index (χ2n) is 8.83. The maximum atomic E-state index is 13.7. The fourth-order valence-corrected chi connectivity index (χ4v) is 4.66. The molecule has 0 unspecified atom stereocenters. The minimum absolute atomic E-state index is 0.242. The molecule has 5 rings (SSSR count). The standard InChI is InChI=1S/C25H27N5O3/c1-16-13-28(19-9-11-20(33-4)12-10-19)24-26-22-21(29(24)14-16)23(31)30(25(32)27(22)3)15-18-8-6-5-7-17(18)2/h5-12,16H,13-15H2,1-4H3/p+1/t16-/m0/s1. The Morgan fingerprint density at radius 3 is 2.55 bits per heavy atom. The number of hydrogen-bond acceptors (Lipinski definition) is 4. The molecule has 0 spiro atoms. The van der Waals surface area contributed by atoms with Crippen molar-refractivity contribution in [2.45, 2.75) is 26.9 Å². The minimum Gasteiger partial charge on any atom is -0.497 e. The smallest absolute Gasteiger partial charge is 0.364 e. The van der Waals surface area contributed by atoms with Crippen molar-refractivity contribution in [1.82, 2.24) is 14.1 Å². The molecule has 33 heavy (non-hydrogen) atoms. The highest BCUT2D eigenvalue weighted by Gasteiger charge is 2.36. The second kappa shape index (κ2) is 7.95. The third-order valence-electron chi connectivity index (χ3n) is 6.50. The van der Waals surface area contributed by atoms with E-state index < -0.39 is 0 Å². The van der Waals surface area contributed by atoms with Crippen molar-refractivity contribution < 1.29 is 9.30 Å². The lowest BCUT2D eigenvalue weighted by atomic mass is 10.1. The number of H-pyrrole nitrogens is 1. The summed E-state index contributed by atoms with van der Waals surface area (Å²) in [7, 11) is 3.36. The topological polar surface area (TPSA) is 76.1 Å². The molecule has 1 aliphatic heterocycles. The molecule has 1 aliphatic rings. The third-order valence-corrected chi connectivity index (χ3v) is 6.50. The predicted molar refractivity (Wildman–Crippen MR) is 127 cm³/mol. The number of methoxy groups -OCH3 is 1. The number of fused-ring (bicyclic) bond motifs is 3. The van der Waals surface area contributed by atoms with Gasteiger partial charge in [0.15, 0.2) is 0 Å². The van der Waals surface area contributed by atoms with E-state index in [9.17, 15) is 9.59 Å². The summed E-state index contributed by atoms with van der Waals surface area (Å²) in [5.41, 5.74) is 3.45. The van der Waals surface area contributed by atoms with Crippen LogP contribution in [0.4, 0.5) is 11.6 Å². The molecule has 0 radical (unpaired) electrons. The van der Waals surface area contributed by atoms with Gasteiger partial charge in [0.1, 0.15) is 11.4 Å². The van der Waals surface area contributed by atoms with Crippen molar-refractivity contribution in [3.05, 3.63) is 80.5 Å². The molecule has 0 saturated heterocycles. The number of nitrogens with zero attached hydrogens (tertiary/aromatic N) is 4. The van der Waals surface area contributed by atoms with Crippen LogP contribution >= 0.6 is 0 Å². The first-order valence-electron chi connectivity index (χ1n) is 11.1. The van der Waals surface area contributed by atoms with Gasteiger partial charge in [0.2, 0.25) is 11.2 Å². The van der Waals surface area contributed by atoms with Gasteiger partial charge < -0.3 is 4.74 Å². The van der Waals surface area contributed by atoms with Crippen molar-refractivity contribution in [3.63, 3.8) is 0 Å². The van der Waals surface area contributed by atoms with Gasteiger partial charge in [-0.1, -0.05) is 31.2 Å². The molecule has 0 aliphatic carbocycles. The highest BCUT2D eigenvalue weighted by atomic mass is 16.5. The number of nitrogens with one attached hydrogen (secondary N) is 1. The summed E-state index contributed by atoms with van der Waals surface area (Å²) in [6.07, 6.45) is 0. The van der Waals surface area contributed by atoms with Gasteiger partial charge in [0.25, 0.3) is 5.56 Å².